The third kappa shape index (κ3) is 2.57. The average molecular weight is 234 g/mol. The highest BCUT2D eigenvalue weighted by Crippen LogP contribution is 2.18. The van der Waals surface area contributed by atoms with E-state index in [0.717, 1.165) is 30.1 Å². The minimum Gasteiger partial charge on any atom is -0.468 e. The van der Waals surface area contributed by atoms with Gasteiger partial charge < -0.3 is 4.42 Å². The molecule has 1 unspecified atom stereocenters. The van der Waals surface area contributed by atoms with Crippen LogP contribution < -0.4 is 11.3 Å². The Morgan fingerprint density at radius 3 is 3.00 bits per heavy atom. The van der Waals surface area contributed by atoms with E-state index in [4.69, 9.17) is 10.3 Å². The molecule has 0 saturated carbocycles. The molecule has 0 radical (unpaired) electrons. The van der Waals surface area contributed by atoms with Gasteiger partial charge in [0.1, 0.15) is 5.76 Å². The second kappa shape index (κ2) is 5.16. The van der Waals surface area contributed by atoms with E-state index in [1.165, 1.54) is 0 Å². The highest BCUT2D eigenvalue weighted by Gasteiger charge is 2.16. The summed E-state index contributed by atoms with van der Waals surface area (Å²) in [6.45, 7) is 4.93. The van der Waals surface area contributed by atoms with E-state index in [-0.39, 0.29) is 6.04 Å². The summed E-state index contributed by atoms with van der Waals surface area (Å²) < 4.78 is 7.36. The second-order valence-electron chi connectivity index (χ2n) is 4.03. The molecule has 0 aliphatic heterocycles. The molecule has 2 heterocycles. The van der Waals surface area contributed by atoms with Gasteiger partial charge in [-0.3, -0.25) is 10.5 Å². The van der Waals surface area contributed by atoms with Crippen LogP contribution in [0, 0.1) is 6.92 Å². The third-order valence-electron chi connectivity index (χ3n) is 2.79. The molecule has 1 atom stereocenters. The molecule has 2 aromatic rings. The van der Waals surface area contributed by atoms with Gasteiger partial charge in [0.25, 0.3) is 0 Å². The number of hydrogen-bond acceptors (Lipinski definition) is 4. The van der Waals surface area contributed by atoms with Crippen LogP contribution in [0.1, 0.15) is 30.1 Å². The van der Waals surface area contributed by atoms with Crippen molar-refractivity contribution in [2.45, 2.75) is 32.9 Å². The summed E-state index contributed by atoms with van der Waals surface area (Å²) in [4.78, 5) is 0. The summed E-state index contributed by atoms with van der Waals surface area (Å²) in [7, 11) is 0. The summed E-state index contributed by atoms with van der Waals surface area (Å²) in [5.74, 6) is 6.41. The number of aromatic nitrogens is 2. The van der Waals surface area contributed by atoms with Gasteiger partial charge in [-0.15, -0.1) is 0 Å². The van der Waals surface area contributed by atoms with Crippen LogP contribution in [0.3, 0.4) is 0 Å². The molecule has 0 aliphatic carbocycles. The number of nitrogens with zero attached hydrogens (tertiary/aromatic N) is 2. The van der Waals surface area contributed by atoms with Gasteiger partial charge in [-0.25, -0.2) is 5.43 Å². The largest absolute Gasteiger partial charge is 0.468 e. The van der Waals surface area contributed by atoms with Gasteiger partial charge in [0.15, 0.2) is 0 Å². The molecule has 0 aromatic carbocycles. The normalized spacial score (nSPS) is 12.9. The Hall–Kier alpha value is -1.59. The van der Waals surface area contributed by atoms with Crippen molar-refractivity contribution in [1.82, 2.24) is 15.2 Å². The number of hydrazine groups is 1. The number of rotatable bonds is 5. The van der Waals surface area contributed by atoms with Crippen molar-refractivity contribution in [3.8, 4) is 0 Å². The Morgan fingerprint density at radius 1 is 1.59 bits per heavy atom. The molecule has 17 heavy (non-hydrogen) atoms. The summed E-state index contributed by atoms with van der Waals surface area (Å²) in [6.07, 6.45) is 2.42. The molecule has 0 amide bonds. The first-order chi connectivity index (χ1) is 8.24. The van der Waals surface area contributed by atoms with E-state index in [1.807, 2.05) is 23.7 Å². The molecular weight excluding hydrogens is 216 g/mol. The minimum atomic E-state index is -0.0219. The molecule has 2 rings (SSSR count). The SMILES string of the molecule is CCn1nc(C)cc1CC(NN)c1ccco1. The van der Waals surface area contributed by atoms with E-state index in [9.17, 15) is 0 Å². The number of aryl methyl sites for hydroxylation is 2. The van der Waals surface area contributed by atoms with Gasteiger partial charge in [-0.05, 0) is 32.0 Å². The predicted molar refractivity (Wildman–Crippen MR) is 65.1 cm³/mol. The lowest BCUT2D eigenvalue weighted by Gasteiger charge is -2.13. The Balaban J connectivity index is 2.18. The summed E-state index contributed by atoms with van der Waals surface area (Å²) in [6, 6.07) is 5.84. The standard InChI is InChI=1S/C12H18N4O/c1-3-16-10(7-9(2)15-16)8-11(14-13)12-5-4-6-17-12/h4-7,11,14H,3,8,13H2,1-2H3. The fourth-order valence-corrected chi connectivity index (χ4v) is 1.98. The van der Waals surface area contributed by atoms with E-state index >= 15 is 0 Å². The molecule has 92 valence electrons. The fraction of sp³-hybridized carbons (Fsp3) is 0.417. The number of furan rings is 1. The smallest absolute Gasteiger partial charge is 0.122 e. The van der Waals surface area contributed by atoms with Gasteiger partial charge in [0.2, 0.25) is 0 Å². The maximum atomic E-state index is 5.57. The van der Waals surface area contributed by atoms with E-state index < -0.39 is 0 Å². The molecule has 0 aliphatic rings. The van der Waals surface area contributed by atoms with Crippen molar-refractivity contribution in [2.75, 3.05) is 0 Å². The van der Waals surface area contributed by atoms with Crippen LogP contribution in [0.15, 0.2) is 28.9 Å². The zero-order valence-electron chi connectivity index (χ0n) is 10.2. The molecule has 0 bridgehead atoms. The first kappa shape index (κ1) is 11.9. The van der Waals surface area contributed by atoms with Gasteiger partial charge in [-0.1, -0.05) is 0 Å². The molecular formula is C12H18N4O. The van der Waals surface area contributed by atoms with Gasteiger partial charge >= 0.3 is 0 Å². The van der Waals surface area contributed by atoms with Crippen LogP contribution in [-0.2, 0) is 13.0 Å². The highest BCUT2D eigenvalue weighted by atomic mass is 16.3. The number of hydrogen-bond donors (Lipinski definition) is 2. The van der Waals surface area contributed by atoms with Crippen molar-refractivity contribution in [3.05, 3.63) is 41.6 Å². The predicted octanol–water partition coefficient (Wildman–Crippen LogP) is 1.55. The van der Waals surface area contributed by atoms with Crippen LogP contribution in [0.25, 0.3) is 0 Å². The van der Waals surface area contributed by atoms with Crippen molar-refractivity contribution in [1.29, 1.82) is 0 Å². The maximum Gasteiger partial charge on any atom is 0.122 e. The van der Waals surface area contributed by atoms with Crippen LogP contribution in [0.4, 0.5) is 0 Å². The molecule has 5 nitrogen and oxygen atoms in total. The Labute approximate surface area is 101 Å². The van der Waals surface area contributed by atoms with Gasteiger partial charge in [0, 0.05) is 18.7 Å². The average Bonchev–Trinajstić information content (AvgIpc) is 2.94. The molecule has 3 N–H and O–H groups in total. The monoisotopic (exact) mass is 234 g/mol. The first-order valence-electron chi connectivity index (χ1n) is 5.77. The summed E-state index contributed by atoms with van der Waals surface area (Å²) >= 11 is 0. The zero-order chi connectivity index (χ0) is 12.3. The molecule has 0 spiro atoms. The van der Waals surface area contributed by atoms with Crippen LogP contribution in [0.5, 0.6) is 0 Å². The van der Waals surface area contributed by atoms with E-state index in [1.54, 1.807) is 6.26 Å². The molecule has 5 heteroatoms. The molecule has 0 fully saturated rings. The topological polar surface area (TPSA) is 69.0 Å². The molecule has 2 aromatic heterocycles. The third-order valence-corrected chi connectivity index (χ3v) is 2.79. The second-order valence-corrected chi connectivity index (χ2v) is 4.03. The lowest BCUT2D eigenvalue weighted by Crippen LogP contribution is -2.29. The summed E-state index contributed by atoms with van der Waals surface area (Å²) in [5.41, 5.74) is 4.96. The van der Waals surface area contributed by atoms with Crippen LogP contribution in [-0.4, -0.2) is 9.78 Å². The van der Waals surface area contributed by atoms with Crippen molar-refractivity contribution in [3.63, 3.8) is 0 Å². The lowest BCUT2D eigenvalue weighted by molar-refractivity contribution is 0.408. The van der Waals surface area contributed by atoms with Gasteiger partial charge in [-0.2, -0.15) is 5.10 Å². The minimum absolute atomic E-state index is 0.0219. The summed E-state index contributed by atoms with van der Waals surface area (Å²) in [5, 5.41) is 4.42. The van der Waals surface area contributed by atoms with E-state index in [0.29, 0.717) is 0 Å². The Bertz CT molecular complexity index is 461. The number of nitrogens with two attached hydrogens (primary N) is 1. The maximum absolute atomic E-state index is 5.57. The Kier molecular flexibility index (Phi) is 3.61. The fourth-order valence-electron chi connectivity index (χ4n) is 1.98. The van der Waals surface area contributed by atoms with Crippen LogP contribution >= 0.6 is 0 Å². The quantitative estimate of drug-likeness (QED) is 0.608. The first-order valence-corrected chi connectivity index (χ1v) is 5.77. The Morgan fingerprint density at radius 2 is 2.41 bits per heavy atom. The van der Waals surface area contributed by atoms with Crippen molar-refractivity contribution in [2.24, 2.45) is 5.84 Å². The number of nitrogens with one attached hydrogen (secondary N) is 1. The zero-order valence-corrected chi connectivity index (χ0v) is 10.2. The van der Waals surface area contributed by atoms with E-state index in [2.05, 4.69) is 23.5 Å². The lowest BCUT2D eigenvalue weighted by atomic mass is 10.1. The van der Waals surface area contributed by atoms with Crippen molar-refractivity contribution < 1.29 is 4.42 Å². The highest BCUT2D eigenvalue weighted by molar-refractivity contribution is 5.14. The van der Waals surface area contributed by atoms with Crippen molar-refractivity contribution >= 4 is 0 Å². The van der Waals surface area contributed by atoms with Gasteiger partial charge in [0.05, 0.1) is 18.0 Å². The van der Waals surface area contributed by atoms with Crippen LogP contribution in [0.2, 0.25) is 0 Å². The molecule has 0 saturated heterocycles.